The fourth-order valence-corrected chi connectivity index (χ4v) is 2.90. The average molecular weight is 315 g/mol. The van der Waals surface area contributed by atoms with Crippen LogP contribution in [0.5, 0.6) is 0 Å². The van der Waals surface area contributed by atoms with E-state index in [0.717, 1.165) is 0 Å². The first-order valence-electron chi connectivity index (χ1n) is 5.56. The molecular weight excluding hydrogens is 304 g/mol. The number of fused-ring (bicyclic) bond motifs is 1. The molecule has 1 aliphatic rings. The molecule has 0 unspecified atom stereocenters. The van der Waals surface area contributed by atoms with Crippen molar-refractivity contribution in [3.63, 3.8) is 0 Å². The maximum Gasteiger partial charge on any atom is 0.328 e. The highest BCUT2D eigenvalue weighted by Gasteiger charge is 2.30. The number of amidine groups is 1. The zero-order chi connectivity index (χ0) is 14.8. The summed E-state index contributed by atoms with van der Waals surface area (Å²) in [4.78, 5) is 15.4. The maximum atomic E-state index is 11.8. The molecular formula is C12H11ClN2O4S. The van der Waals surface area contributed by atoms with Gasteiger partial charge in [0.2, 0.25) is 0 Å². The second kappa shape index (κ2) is 5.64. The number of hydrogen-bond acceptors (Lipinski definition) is 5. The molecule has 1 aromatic carbocycles. The van der Waals surface area contributed by atoms with E-state index in [1.165, 1.54) is 6.07 Å². The number of halogens is 1. The number of benzene rings is 1. The molecule has 8 heteroatoms. The van der Waals surface area contributed by atoms with Crippen molar-refractivity contribution in [1.29, 1.82) is 0 Å². The smallest absolute Gasteiger partial charge is 0.328 e. The molecule has 0 spiro atoms. The minimum absolute atomic E-state index is 0.104. The lowest BCUT2D eigenvalue weighted by molar-refractivity contribution is -0.140. The second-order valence-corrected chi connectivity index (χ2v) is 6.13. The Morgan fingerprint density at radius 1 is 1.40 bits per heavy atom. The summed E-state index contributed by atoms with van der Waals surface area (Å²) in [5.74, 6) is -0.495. The van der Waals surface area contributed by atoms with E-state index in [-0.39, 0.29) is 28.9 Å². The van der Waals surface area contributed by atoms with Crippen LogP contribution < -0.4 is 4.72 Å². The minimum atomic E-state index is -3.60. The maximum absolute atomic E-state index is 11.8. The molecule has 1 heterocycles. The number of carbonyl (C=O) groups is 1. The summed E-state index contributed by atoms with van der Waals surface area (Å²) in [5, 5.41) is 0.193. The molecule has 0 bridgehead atoms. The van der Waals surface area contributed by atoms with Gasteiger partial charge >= 0.3 is 5.97 Å². The number of hydrogen-bond donors (Lipinski definition) is 1. The first-order chi connectivity index (χ1) is 9.40. The van der Waals surface area contributed by atoms with Crippen LogP contribution in [0.2, 0.25) is 0 Å². The van der Waals surface area contributed by atoms with Gasteiger partial charge in [0, 0.05) is 10.6 Å². The van der Waals surface area contributed by atoms with Crippen molar-refractivity contribution in [3.8, 4) is 0 Å². The molecule has 0 saturated carbocycles. The number of rotatable bonds is 4. The van der Waals surface area contributed by atoms with Crippen molar-refractivity contribution in [2.75, 3.05) is 13.2 Å². The molecule has 0 aliphatic carbocycles. The van der Waals surface area contributed by atoms with E-state index in [2.05, 4.69) is 16.3 Å². The Labute approximate surface area is 121 Å². The highest BCUT2D eigenvalue weighted by atomic mass is 35.5. The van der Waals surface area contributed by atoms with Gasteiger partial charge < -0.3 is 4.74 Å². The summed E-state index contributed by atoms with van der Waals surface area (Å²) in [6, 6.07) is 6.38. The molecule has 1 N–H and O–H groups in total. The molecule has 6 nitrogen and oxygen atoms in total. The normalized spacial score (nSPS) is 17.4. The number of esters is 1. The second-order valence-electron chi connectivity index (χ2n) is 3.94. The SMILES string of the molecule is C=C(Cl)COC(=O)CN=C1NS(=O)(=O)c2ccccc21. The van der Waals surface area contributed by atoms with E-state index in [4.69, 9.17) is 16.3 Å². The molecule has 0 atom stereocenters. The lowest BCUT2D eigenvalue weighted by Crippen LogP contribution is -2.23. The van der Waals surface area contributed by atoms with Crippen molar-refractivity contribution in [2.45, 2.75) is 4.90 Å². The Morgan fingerprint density at radius 3 is 2.80 bits per heavy atom. The molecule has 0 amide bonds. The largest absolute Gasteiger partial charge is 0.459 e. The van der Waals surface area contributed by atoms with Gasteiger partial charge in [0.25, 0.3) is 10.0 Å². The first-order valence-corrected chi connectivity index (χ1v) is 7.42. The Kier molecular flexibility index (Phi) is 4.10. The highest BCUT2D eigenvalue weighted by molar-refractivity contribution is 7.90. The Hall–Kier alpha value is -1.86. The van der Waals surface area contributed by atoms with Crippen LogP contribution in [0.1, 0.15) is 5.56 Å². The van der Waals surface area contributed by atoms with Crippen molar-refractivity contribution in [1.82, 2.24) is 4.72 Å². The summed E-state index contributed by atoms with van der Waals surface area (Å²) in [5.41, 5.74) is 0.432. The minimum Gasteiger partial charge on any atom is -0.459 e. The van der Waals surface area contributed by atoms with E-state index in [1.54, 1.807) is 18.2 Å². The third-order valence-corrected chi connectivity index (χ3v) is 3.92. The lowest BCUT2D eigenvalue weighted by atomic mass is 10.2. The summed E-state index contributed by atoms with van der Waals surface area (Å²) in [6.07, 6.45) is 0. The fraction of sp³-hybridized carbons (Fsp3) is 0.167. The van der Waals surface area contributed by atoms with Gasteiger partial charge in [-0.15, -0.1) is 0 Å². The fourth-order valence-electron chi connectivity index (χ4n) is 1.60. The highest BCUT2D eigenvalue weighted by Crippen LogP contribution is 2.21. The standard InChI is InChI=1S/C12H11ClN2O4S/c1-8(13)7-19-11(16)6-14-12-9-4-2-3-5-10(9)20(17,18)15-12/h2-5H,1,6-7H2,(H,14,15). The van der Waals surface area contributed by atoms with Gasteiger partial charge in [-0.3, -0.25) is 14.5 Å². The van der Waals surface area contributed by atoms with E-state index in [1.807, 2.05) is 0 Å². The Balaban J connectivity index is 2.13. The molecule has 1 aliphatic heterocycles. The zero-order valence-corrected chi connectivity index (χ0v) is 11.9. The Bertz CT molecular complexity index is 697. The van der Waals surface area contributed by atoms with Crippen LogP contribution in [0.15, 0.2) is 45.8 Å². The molecule has 0 radical (unpaired) electrons. The number of aliphatic imine (C=N–C) groups is 1. The van der Waals surface area contributed by atoms with Gasteiger partial charge in [-0.1, -0.05) is 30.3 Å². The topological polar surface area (TPSA) is 84.8 Å². The van der Waals surface area contributed by atoms with Gasteiger partial charge in [-0.05, 0) is 12.1 Å². The molecule has 0 fully saturated rings. The first kappa shape index (κ1) is 14.5. The Morgan fingerprint density at radius 2 is 2.10 bits per heavy atom. The quantitative estimate of drug-likeness (QED) is 0.841. The van der Waals surface area contributed by atoms with Crippen molar-refractivity contribution in [3.05, 3.63) is 41.4 Å². The number of nitrogens with one attached hydrogen (secondary N) is 1. The third-order valence-electron chi connectivity index (χ3n) is 2.42. The van der Waals surface area contributed by atoms with Gasteiger partial charge in [-0.2, -0.15) is 0 Å². The summed E-state index contributed by atoms with van der Waals surface area (Å²) < 4.78 is 30.6. The van der Waals surface area contributed by atoms with Crippen LogP contribution in [-0.2, 0) is 19.6 Å². The summed E-state index contributed by atoms with van der Waals surface area (Å²) >= 11 is 5.45. The summed E-state index contributed by atoms with van der Waals surface area (Å²) in [6.45, 7) is 2.96. The average Bonchev–Trinajstić information content (AvgIpc) is 2.66. The molecule has 2 rings (SSSR count). The molecule has 20 heavy (non-hydrogen) atoms. The van der Waals surface area contributed by atoms with Gasteiger partial charge in [0.05, 0.1) is 4.90 Å². The van der Waals surface area contributed by atoms with Crippen LogP contribution in [0.25, 0.3) is 0 Å². The third kappa shape index (κ3) is 3.17. The molecule has 106 valence electrons. The predicted molar refractivity (Wildman–Crippen MR) is 74.1 cm³/mol. The van der Waals surface area contributed by atoms with Crippen LogP contribution in [0, 0.1) is 0 Å². The predicted octanol–water partition coefficient (Wildman–Crippen LogP) is 1.02. The van der Waals surface area contributed by atoms with Gasteiger partial charge in [-0.25, -0.2) is 8.42 Å². The summed E-state index contributed by atoms with van der Waals surface area (Å²) in [7, 11) is -3.60. The van der Waals surface area contributed by atoms with E-state index < -0.39 is 16.0 Å². The molecule has 0 aromatic heterocycles. The van der Waals surface area contributed by atoms with E-state index >= 15 is 0 Å². The van der Waals surface area contributed by atoms with Gasteiger partial charge in [0.1, 0.15) is 19.0 Å². The van der Waals surface area contributed by atoms with Crippen molar-refractivity contribution in [2.24, 2.45) is 4.99 Å². The zero-order valence-electron chi connectivity index (χ0n) is 10.3. The van der Waals surface area contributed by atoms with Crippen LogP contribution in [0.4, 0.5) is 0 Å². The monoisotopic (exact) mass is 314 g/mol. The van der Waals surface area contributed by atoms with Gasteiger partial charge in [0.15, 0.2) is 0 Å². The molecule has 0 saturated heterocycles. The van der Waals surface area contributed by atoms with E-state index in [9.17, 15) is 13.2 Å². The molecule has 1 aromatic rings. The number of carbonyl (C=O) groups excluding carboxylic acids is 1. The lowest BCUT2D eigenvalue weighted by Gasteiger charge is -2.01. The van der Waals surface area contributed by atoms with Crippen LogP contribution in [-0.4, -0.2) is 33.4 Å². The van der Waals surface area contributed by atoms with Crippen LogP contribution >= 0.6 is 11.6 Å². The van der Waals surface area contributed by atoms with Crippen molar-refractivity contribution >= 4 is 33.4 Å². The van der Waals surface area contributed by atoms with Crippen molar-refractivity contribution < 1.29 is 17.9 Å². The van der Waals surface area contributed by atoms with Crippen LogP contribution in [0.3, 0.4) is 0 Å². The number of nitrogens with zero attached hydrogens (tertiary/aromatic N) is 1. The number of ether oxygens (including phenoxy) is 1. The number of sulfonamides is 1. The van der Waals surface area contributed by atoms with E-state index in [0.29, 0.717) is 5.56 Å².